The highest BCUT2D eigenvalue weighted by molar-refractivity contribution is 8.00. The van der Waals surface area contributed by atoms with Crippen molar-refractivity contribution < 1.29 is 4.79 Å². The zero-order chi connectivity index (χ0) is 12.0. The van der Waals surface area contributed by atoms with Crippen LogP contribution in [0.1, 0.15) is 6.92 Å². The summed E-state index contributed by atoms with van der Waals surface area (Å²) in [5, 5.41) is 2.72. The van der Waals surface area contributed by atoms with E-state index >= 15 is 0 Å². The lowest BCUT2D eigenvalue weighted by atomic mass is 10.3. The van der Waals surface area contributed by atoms with Gasteiger partial charge in [0.15, 0.2) is 0 Å². The van der Waals surface area contributed by atoms with Gasteiger partial charge in [-0.1, -0.05) is 30.4 Å². The van der Waals surface area contributed by atoms with Crippen LogP contribution < -0.4 is 11.1 Å². The summed E-state index contributed by atoms with van der Waals surface area (Å²) in [6, 6.07) is 9.51. The van der Waals surface area contributed by atoms with Gasteiger partial charge >= 0.3 is 0 Å². The van der Waals surface area contributed by atoms with Crippen molar-refractivity contribution >= 4 is 34.9 Å². The van der Waals surface area contributed by atoms with E-state index in [1.807, 2.05) is 30.3 Å². The van der Waals surface area contributed by atoms with E-state index in [2.05, 4.69) is 5.32 Å². The molecule has 0 bridgehead atoms. The normalized spacial score (nSPS) is 11.8. The molecule has 0 heterocycles. The molecule has 1 aromatic carbocycles. The maximum atomic E-state index is 11.5. The Morgan fingerprint density at radius 3 is 2.69 bits per heavy atom. The largest absolute Gasteiger partial charge is 0.392 e. The zero-order valence-electron chi connectivity index (χ0n) is 8.97. The van der Waals surface area contributed by atoms with Gasteiger partial charge in [-0.25, -0.2) is 0 Å². The Balaban J connectivity index is 2.33. The summed E-state index contributed by atoms with van der Waals surface area (Å²) in [6.07, 6.45) is 0. The molecular formula is C11H14N2OS2. The fraction of sp³-hybridized carbons (Fsp3) is 0.273. The minimum atomic E-state index is -0.251. The number of thiocarbonyl (C=S) groups is 1. The van der Waals surface area contributed by atoms with Gasteiger partial charge in [-0.15, -0.1) is 11.8 Å². The maximum Gasteiger partial charge on any atom is 0.230 e. The minimum Gasteiger partial charge on any atom is -0.392 e. The quantitative estimate of drug-likeness (QED) is 0.618. The number of thioether (sulfide) groups is 1. The Morgan fingerprint density at radius 2 is 2.12 bits per heavy atom. The molecule has 1 atom stereocenters. The van der Waals surface area contributed by atoms with Crippen LogP contribution in [0.5, 0.6) is 0 Å². The molecule has 0 aliphatic rings. The third kappa shape index (κ3) is 4.63. The van der Waals surface area contributed by atoms with E-state index in [1.54, 1.807) is 6.92 Å². The molecule has 0 fully saturated rings. The molecular weight excluding hydrogens is 240 g/mol. The third-order valence-corrected chi connectivity index (χ3v) is 3.28. The fourth-order valence-electron chi connectivity index (χ4n) is 1.02. The van der Waals surface area contributed by atoms with Crippen molar-refractivity contribution in [2.75, 3.05) is 5.75 Å². The second kappa shape index (κ2) is 6.50. The lowest BCUT2D eigenvalue weighted by molar-refractivity contribution is -0.118. The minimum absolute atomic E-state index is 0.0610. The van der Waals surface area contributed by atoms with Crippen LogP contribution in [-0.4, -0.2) is 22.7 Å². The Kier molecular flexibility index (Phi) is 5.28. The van der Waals surface area contributed by atoms with Crippen LogP contribution in [0.4, 0.5) is 0 Å². The molecule has 0 spiro atoms. The number of amides is 1. The molecule has 1 unspecified atom stereocenters. The van der Waals surface area contributed by atoms with Gasteiger partial charge in [0, 0.05) is 4.90 Å². The van der Waals surface area contributed by atoms with E-state index in [4.69, 9.17) is 18.0 Å². The standard InChI is InChI=1S/C11H14N2OS2/c1-8(11(12)15)13-10(14)7-16-9-5-3-2-4-6-9/h2-6,8H,7H2,1H3,(H2,12,15)(H,13,14). The molecule has 0 saturated heterocycles. The lowest BCUT2D eigenvalue weighted by Gasteiger charge is -2.11. The monoisotopic (exact) mass is 254 g/mol. The number of benzene rings is 1. The van der Waals surface area contributed by atoms with Gasteiger partial charge in [-0.2, -0.15) is 0 Å². The summed E-state index contributed by atoms with van der Waals surface area (Å²) in [5.41, 5.74) is 5.40. The number of nitrogens with one attached hydrogen (secondary N) is 1. The van der Waals surface area contributed by atoms with Crippen LogP contribution in [0.15, 0.2) is 35.2 Å². The van der Waals surface area contributed by atoms with Crippen LogP contribution in [0.3, 0.4) is 0 Å². The molecule has 5 heteroatoms. The third-order valence-electron chi connectivity index (χ3n) is 1.92. The molecule has 0 radical (unpaired) electrons. The van der Waals surface area contributed by atoms with Gasteiger partial charge in [-0.05, 0) is 19.1 Å². The first-order valence-electron chi connectivity index (χ1n) is 4.86. The summed E-state index contributed by atoms with van der Waals surface area (Å²) in [5.74, 6) is 0.311. The number of hydrogen-bond acceptors (Lipinski definition) is 3. The van der Waals surface area contributed by atoms with Gasteiger partial charge in [-0.3, -0.25) is 4.79 Å². The molecule has 1 rings (SSSR count). The lowest BCUT2D eigenvalue weighted by Crippen LogP contribution is -2.41. The van der Waals surface area contributed by atoms with Crippen molar-refractivity contribution in [3.05, 3.63) is 30.3 Å². The van der Waals surface area contributed by atoms with Crippen LogP contribution in [0, 0.1) is 0 Å². The van der Waals surface area contributed by atoms with Crippen LogP contribution in [0.2, 0.25) is 0 Å². The first kappa shape index (κ1) is 13.0. The number of carbonyl (C=O) groups excluding carboxylic acids is 1. The summed E-state index contributed by atoms with van der Waals surface area (Å²) >= 11 is 6.26. The Morgan fingerprint density at radius 1 is 1.50 bits per heavy atom. The highest BCUT2D eigenvalue weighted by Gasteiger charge is 2.09. The molecule has 3 nitrogen and oxygen atoms in total. The highest BCUT2D eigenvalue weighted by Crippen LogP contribution is 2.16. The molecule has 16 heavy (non-hydrogen) atoms. The van der Waals surface area contributed by atoms with E-state index in [0.717, 1.165) is 4.90 Å². The van der Waals surface area contributed by atoms with Gasteiger partial charge in [0.2, 0.25) is 5.91 Å². The Hall–Kier alpha value is -1.07. The summed E-state index contributed by atoms with van der Waals surface area (Å²) in [7, 11) is 0. The predicted molar refractivity (Wildman–Crippen MR) is 71.6 cm³/mol. The Labute approximate surface area is 105 Å². The van der Waals surface area contributed by atoms with Crippen molar-refractivity contribution in [1.29, 1.82) is 0 Å². The Bertz CT molecular complexity index is 368. The highest BCUT2D eigenvalue weighted by atomic mass is 32.2. The second-order valence-corrected chi connectivity index (χ2v) is 4.81. The number of carbonyl (C=O) groups is 1. The van der Waals surface area contributed by atoms with Crippen molar-refractivity contribution in [2.24, 2.45) is 5.73 Å². The topological polar surface area (TPSA) is 55.1 Å². The number of rotatable bonds is 5. The van der Waals surface area contributed by atoms with Gasteiger partial charge in [0.25, 0.3) is 0 Å². The molecule has 0 aromatic heterocycles. The van der Waals surface area contributed by atoms with Crippen molar-refractivity contribution in [1.82, 2.24) is 5.32 Å². The second-order valence-electron chi connectivity index (χ2n) is 3.29. The molecule has 1 amide bonds. The molecule has 0 saturated carbocycles. The van der Waals surface area contributed by atoms with E-state index < -0.39 is 0 Å². The van der Waals surface area contributed by atoms with E-state index in [9.17, 15) is 4.79 Å². The molecule has 0 aliphatic carbocycles. The smallest absolute Gasteiger partial charge is 0.230 e. The summed E-state index contributed by atoms with van der Waals surface area (Å²) < 4.78 is 0. The van der Waals surface area contributed by atoms with Crippen molar-refractivity contribution in [3.8, 4) is 0 Å². The average Bonchev–Trinajstić information content (AvgIpc) is 2.27. The molecule has 1 aromatic rings. The predicted octanol–water partition coefficient (Wildman–Crippen LogP) is 1.57. The van der Waals surface area contributed by atoms with Gasteiger partial charge in [0.1, 0.15) is 0 Å². The molecule has 3 N–H and O–H groups in total. The molecule has 0 aliphatic heterocycles. The number of hydrogen-bond donors (Lipinski definition) is 2. The van der Waals surface area contributed by atoms with Crippen molar-refractivity contribution in [2.45, 2.75) is 17.9 Å². The fourth-order valence-corrected chi connectivity index (χ4v) is 1.81. The SMILES string of the molecule is CC(NC(=O)CSc1ccccc1)C(N)=S. The number of nitrogens with two attached hydrogens (primary N) is 1. The summed E-state index contributed by atoms with van der Waals surface area (Å²) in [4.78, 5) is 12.9. The van der Waals surface area contributed by atoms with E-state index in [0.29, 0.717) is 10.7 Å². The average molecular weight is 254 g/mol. The first-order valence-corrected chi connectivity index (χ1v) is 6.25. The van der Waals surface area contributed by atoms with Crippen molar-refractivity contribution in [3.63, 3.8) is 0 Å². The summed E-state index contributed by atoms with van der Waals surface area (Å²) in [6.45, 7) is 1.77. The zero-order valence-corrected chi connectivity index (χ0v) is 10.6. The van der Waals surface area contributed by atoms with Crippen LogP contribution >= 0.6 is 24.0 Å². The van der Waals surface area contributed by atoms with Gasteiger partial charge < -0.3 is 11.1 Å². The van der Waals surface area contributed by atoms with Gasteiger partial charge in [0.05, 0.1) is 16.8 Å². The van der Waals surface area contributed by atoms with Crippen LogP contribution in [0.25, 0.3) is 0 Å². The van der Waals surface area contributed by atoms with E-state index in [-0.39, 0.29) is 11.9 Å². The first-order chi connectivity index (χ1) is 7.59. The maximum absolute atomic E-state index is 11.5. The van der Waals surface area contributed by atoms with E-state index in [1.165, 1.54) is 11.8 Å². The molecule has 86 valence electrons. The van der Waals surface area contributed by atoms with Crippen LogP contribution in [-0.2, 0) is 4.79 Å².